The molecule has 0 heterocycles. The molecule has 0 radical (unpaired) electrons. The number of nitrogens with one attached hydrogen (secondary N) is 1. The van der Waals surface area contributed by atoms with E-state index in [1.165, 1.54) is 0 Å². The molecule has 1 unspecified atom stereocenters. The summed E-state index contributed by atoms with van der Waals surface area (Å²) in [5, 5.41) is 12.0. The van der Waals surface area contributed by atoms with Gasteiger partial charge in [-0.15, -0.1) is 0 Å². The molecule has 1 rings (SSSR count). The number of carboxylic acids is 1. The van der Waals surface area contributed by atoms with E-state index in [0.717, 1.165) is 32.2 Å². The van der Waals surface area contributed by atoms with E-state index >= 15 is 0 Å². The molecule has 20 heavy (non-hydrogen) atoms. The maximum absolute atomic E-state index is 12.3. The Bertz CT molecular complexity index is 333. The lowest BCUT2D eigenvalue weighted by molar-refractivity contribution is -0.141. The molecular formula is C15H28N2O3. The molecule has 0 aromatic heterocycles. The van der Waals surface area contributed by atoms with Crippen LogP contribution in [0.25, 0.3) is 0 Å². The highest BCUT2D eigenvalue weighted by Gasteiger charge is 2.31. The van der Waals surface area contributed by atoms with Crippen molar-refractivity contribution in [1.82, 2.24) is 10.2 Å². The van der Waals surface area contributed by atoms with Crippen molar-refractivity contribution >= 4 is 12.0 Å². The molecular weight excluding hydrogens is 256 g/mol. The Morgan fingerprint density at radius 2 is 2.05 bits per heavy atom. The van der Waals surface area contributed by atoms with Crippen LogP contribution < -0.4 is 5.32 Å². The standard InChI is InChI=1S/C15H28N2O3/c1-4-6-9-17(11(3)5-2)15(20)16-13-8-7-12(10-13)14(18)19/h11-13H,4-10H2,1-3H3,(H,16,20)(H,18,19)/t11?,12-,13+/m1/s1. The van der Waals surface area contributed by atoms with E-state index in [4.69, 9.17) is 5.11 Å². The van der Waals surface area contributed by atoms with Gasteiger partial charge in [0.2, 0.25) is 0 Å². The number of urea groups is 1. The Morgan fingerprint density at radius 1 is 1.35 bits per heavy atom. The molecule has 0 aliphatic heterocycles. The normalized spacial score (nSPS) is 23.4. The second-order valence-electron chi connectivity index (χ2n) is 5.80. The molecule has 5 heteroatoms. The number of carboxylic acid groups (broad SMARTS) is 1. The van der Waals surface area contributed by atoms with Crippen molar-refractivity contribution in [3.05, 3.63) is 0 Å². The first-order valence-electron chi connectivity index (χ1n) is 7.79. The van der Waals surface area contributed by atoms with Gasteiger partial charge in [0, 0.05) is 18.6 Å². The number of amides is 2. The highest BCUT2D eigenvalue weighted by molar-refractivity contribution is 5.75. The Hall–Kier alpha value is -1.26. The first-order valence-corrected chi connectivity index (χ1v) is 7.79. The van der Waals surface area contributed by atoms with Crippen molar-refractivity contribution in [2.24, 2.45) is 5.92 Å². The number of carbonyl (C=O) groups is 2. The average Bonchev–Trinajstić information content (AvgIpc) is 2.87. The van der Waals surface area contributed by atoms with Crippen LogP contribution in [0.4, 0.5) is 4.79 Å². The van der Waals surface area contributed by atoms with Crippen LogP contribution in [0.1, 0.15) is 59.3 Å². The van der Waals surface area contributed by atoms with Crippen molar-refractivity contribution in [3.63, 3.8) is 0 Å². The average molecular weight is 284 g/mol. The summed E-state index contributed by atoms with van der Waals surface area (Å²) in [7, 11) is 0. The zero-order chi connectivity index (χ0) is 15.1. The maximum Gasteiger partial charge on any atom is 0.317 e. The van der Waals surface area contributed by atoms with E-state index < -0.39 is 5.97 Å². The number of hydrogen-bond acceptors (Lipinski definition) is 2. The molecule has 1 saturated carbocycles. The SMILES string of the molecule is CCCCN(C(=O)N[C@H]1CC[C@@H](C(=O)O)C1)C(C)CC. The summed E-state index contributed by atoms with van der Waals surface area (Å²) in [5.74, 6) is -1.04. The fourth-order valence-electron chi connectivity index (χ4n) is 2.67. The van der Waals surface area contributed by atoms with E-state index in [2.05, 4.69) is 26.1 Å². The van der Waals surface area contributed by atoms with E-state index in [9.17, 15) is 9.59 Å². The van der Waals surface area contributed by atoms with Gasteiger partial charge < -0.3 is 15.3 Å². The molecule has 2 amide bonds. The molecule has 116 valence electrons. The van der Waals surface area contributed by atoms with E-state index in [0.29, 0.717) is 12.8 Å². The molecule has 0 spiro atoms. The number of aliphatic carboxylic acids is 1. The number of unbranched alkanes of at least 4 members (excludes halogenated alkanes) is 1. The number of hydrogen-bond donors (Lipinski definition) is 2. The van der Waals surface area contributed by atoms with Gasteiger partial charge in [-0.1, -0.05) is 20.3 Å². The van der Waals surface area contributed by atoms with Gasteiger partial charge in [0.05, 0.1) is 5.92 Å². The van der Waals surface area contributed by atoms with Gasteiger partial charge >= 0.3 is 12.0 Å². The monoisotopic (exact) mass is 284 g/mol. The summed E-state index contributed by atoms with van der Waals surface area (Å²) >= 11 is 0. The van der Waals surface area contributed by atoms with E-state index in [-0.39, 0.29) is 24.0 Å². The number of carbonyl (C=O) groups excluding carboxylic acids is 1. The van der Waals surface area contributed by atoms with Crippen LogP contribution in [0.3, 0.4) is 0 Å². The predicted octanol–water partition coefficient (Wildman–Crippen LogP) is 2.85. The van der Waals surface area contributed by atoms with E-state index in [1.807, 2.05) is 4.90 Å². The molecule has 0 bridgehead atoms. The molecule has 0 aromatic carbocycles. The van der Waals surface area contributed by atoms with Crippen molar-refractivity contribution in [2.75, 3.05) is 6.54 Å². The van der Waals surface area contributed by atoms with E-state index in [1.54, 1.807) is 0 Å². The summed E-state index contributed by atoms with van der Waals surface area (Å²) in [6.45, 7) is 7.02. The predicted molar refractivity (Wildman–Crippen MR) is 78.7 cm³/mol. The van der Waals surface area contributed by atoms with Gasteiger partial charge in [0.15, 0.2) is 0 Å². The quantitative estimate of drug-likeness (QED) is 0.755. The summed E-state index contributed by atoms with van der Waals surface area (Å²) in [4.78, 5) is 25.2. The molecule has 1 aliphatic rings. The first-order chi connectivity index (χ1) is 9.49. The summed E-state index contributed by atoms with van der Waals surface area (Å²) < 4.78 is 0. The van der Waals surface area contributed by atoms with Gasteiger partial charge in [0.1, 0.15) is 0 Å². The topological polar surface area (TPSA) is 69.6 Å². The second kappa shape index (κ2) is 8.12. The largest absolute Gasteiger partial charge is 0.481 e. The lowest BCUT2D eigenvalue weighted by atomic mass is 10.1. The van der Waals surface area contributed by atoms with Crippen LogP contribution in [0.15, 0.2) is 0 Å². The van der Waals surface area contributed by atoms with Crippen molar-refractivity contribution in [1.29, 1.82) is 0 Å². The van der Waals surface area contributed by atoms with Crippen LogP contribution >= 0.6 is 0 Å². The van der Waals surface area contributed by atoms with Crippen molar-refractivity contribution in [3.8, 4) is 0 Å². The molecule has 2 N–H and O–H groups in total. The zero-order valence-electron chi connectivity index (χ0n) is 12.9. The molecule has 3 atom stereocenters. The fourth-order valence-corrected chi connectivity index (χ4v) is 2.67. The third-order valence-electron chi connectivity index (χ3n) is 4.25. The van der Waals surface area contributed by atoms with Crippen molar-refractivity contribution < 1.29 is 14.7 Å². The minimum Gasteiger partial charge on any atom is -0.481 e. The van der Waals surface area contributed by atoms with Gasteiger partial charge in [-0.2, -0.15) is 0 Å². The smallest absolute Gasteiger partial charge is 0.317 e. The molecule has 5 nitrogen and oxygen atoms in total. The molecule has 1 fully saturated rings. The number of nitrogens with zero attached hydrogens (tertiary/aromatic N) is 1. The Kier molecular flexibility index (Phi) is 6.82. The Labute approximate surface area is 121 Å². The van der Waals surface area contributed by atoms with Gasteiger partial charge in [-0.3, -0.25) is 4.79 Å². The zero-order valence-corrected chi connectivity index (χ0v) is 12.9. The van der Waals surface area contributed by atoms with Gasteiger partial charge in [-0.25, -0.2) is 4.79 Å². The van der Waals surface area contributed by atoms with Crippen LogP contribution in [0, 0.1) is 5.92 Å². The summed E-state index contributed by atoms with van der Waals surface area (Å²) in [5.41, 5.74) is 0. The van der Waals surface area contributed by atoms with Gasteiger partial charge in [-0.05, 0) is 39.0 Å². The van der Waals surface area contributed by atoms with Crippen molar-refractivity contribution in [2.45, 2.75) is 71.4 Å². The molecule has 1 aliphatic carbocycles. The second-order valence-corrected chi connectivity index (χ2v) is 5.80. The Balaban J connectivity index is 2.51. The summed E-state index contributed by atoms with van der Waals surface area (Å²) in [6.07, 6.45) is 4.98. The van der Waals surface area contributed by atoms with Gasteiger partial charge in [0.25, 0.3) is 0 Å². The summed E-state index contributed by atoms with van der Waals surface area (Å²) in [6, 6.07) is 0.193. The van der Waals surface area contributed by atoms with Crippen LogP contribution in [-0.2, 0) is 4.79 Å². The fraction of sp³-hybridized carbons (Fsp3) is 0.867. The lowest BCUT2D eigenvalue weighted by Gasteiger charge is -2.30. The van der Waals surface area contributed by atoms with Crippen LogP contribution in [0.2, 0.25) is 0 Å². The highest BCUT2D eigenvalue weighted by atomic mass is 16.4. The van der Waals surface area contributed by atoms with Crippen LogP contribution in [0.5, 0.6) is 0 Å². The third-order valence-corrected chi connectivity index (χ3v) is 4.25. The number of rotatable bonds is 7. The lowest BCUT2D eigenvalue weighted by Crippen LogP contribution is -2.48. The molecule has 0 aromatic rings. The minimum absolute atomic E-state index is 0.0109. The Morgan fingerprint density at radius 3 is 2.55 bits per heavy atom. The first kappa shape index (κ1) is 16.8. The minimum atomic E-state index is -0.744. The third kappa shape index (κ3) is 4.69. The van der Waals surface area contributed by atoms with Crippen LogP contribution in [-0.4, -0.2) is 40.6 Å². The molecule has 0 saturated heterocycles. The maximum atomic E-state index is 12.3. The highest BCUT2D eigenvalue weighted by Crippen LogP contribution is 2.25.